The molecule has 0 fully saturated rings. The largest absolute Gasteiger partial charge is 0.496 e. The molecule has 0 aromatic heterocycles. The summed E-state index contributed by atoms with van der Waals surface area (Å²) >= 11 is 5.69. The van der Waals surface area contributed by atoms with Crippen molar-refractivity contribution in [2.45, 2.75) is 19.7 Å². The van der Waals surface area contributed by atoms with Gasteiger partial charge in [-0.25, -0.2) is 0 Å². The molecule has 4 nitrogen and oxygen atoms in total. The molecule has 0 aliphatic heterocycles. The third kappa shape index (κ3) is 5.70. The Kier molecular flexibility index (Phi) is 6.75. The molecule has 1 amide bonds. The van der Waals surface area contributed by atoms with Crippen LogP contribution >= 0.6 is 11.6 Å². The number of halogens is 4. The lowest BCUT2D eigenvalue weighted by Crippen LogP contribution is -2.17. The van der Waals surface area contributed by atoms with Crippen molar-refractivity contribution in [3.8, 4) is 11.5 Å². The van der Waals surface area contributed by atoms with Crippen LogP contribution in [0.1, 0.15) is 27.0 Å². The minimum absolute atomic E-state index is 0.0784. The summed E-state index contributed by atoms with van der Waals surface area (Å²) in [6.07, 6.45) is -4.67. The molecule has 0 aliphatic rings. The Hall–Kier alpha value is -3.19. The van der Waals surface area contributed by atoms with Gasteiger partial charge >= 0.3 is 6.18 Å². The fourth-order valence-electron chi connectivity index (χ4n) is 2.95. The summed E-state index contributed by atoms with van der Waals surface area (Å²) in [5.74, 6) is 0.437. The zero-order valence-electron chi connectivity index (χ0n) is 16.7. The minimum atomic E-state index is -4.67. The van der Waals surface area contributed by atoms with Crippen molar-refractivity contribution in [3.05, 3.63) is 87.9 Å². The van der Waals surface area contributed by atoms with E-state index < -0.39 is 17.6 Å². The van der Waals surface area contributed by atoms with E-state index in [9.17, 15) is 18.0 Å². The molecule has 0 bridgehead atoms. The van der Waals surface area contributed by atoms with Crippen molar-refractivity contribution < 1.29 is 27.4 Å². The molecule has 3 aromatic rings. The first-order valence-corrected chi connectivity index (χ1v) is 9.59. The van der Waals surface area contributed by atoms with Crippen LogP contribution in [0, 0.1) is 6.92 Å². The first-order chi connectivity index (χ1) is 14.7. The fourth-order valence-corrected chi connectivity index (χ4v) is 3.13. The van der Waals surface area contributed by atoms with Gasteiger partial charge in [0.2, 0.25) is 0 Å². The molecule has 8 heteroatoms. The summed E-state index contributed by atoms with van der Waals surface area (Å²) in [6, 6.07) is 15.2. The van der Waals surface area contributed by atoms with Crippen LogP contribution in [0.2, 0.25) is 5.02 Å². The Morgan fingerprint density at radius 2 is 1.84 bits per heavy atom. The number of methoxy groups -OCH3 is 1. The number of benzene rings is 3. The number of rotatable bonds is 6. The second kappa shape index (κ2) is 9.31. The number of ether oxygens (including phenoxy) is 2. The van der Waals surface area contributed by atoms with Crippen molar-refractivity contribution >= 4 is 23.2 Å². The van der Waals surface area contributed by atoms with Gasteiger partial charge in [-0.3, -0.25) is 4.79 Å². The van der Waals surface area contributed by atoms with Gasteiger partial charge in [-0.2, -0.15) is 13.2 Å². The summed E-state index contributed by atoms with van der Waals surface area (Å²) in [6.45, 7) is 2.05. The number of carbonyl (C=O) groups is 1. The van der Waals surface area contributed by atoms with Crippen molar-refractivity contribution in [1.29, 1.82) is 0 Å². The molecule has 3 aromatic carbocycles. The van der Waals surface area contributed by atoms with Crippen molar-refractivity contribution in [3.63, 3.8) is 0 Å². The van der Waals surface area contributed by atoms with Gasteiger partial charge in [-0.1, -0.05) is 23.7 Å². The first-order valence-electron chi connectivity index (χ1n) is 9.22. The van der Waals surface area contributed by atoms with E-state index in [-0.39, 0.29) is 22.9 Å². The highest BCUT2D eigenvalue weighted by atomic mass is 35.5. The lowest BCUT2D eigenvalue weighted by Gasteiger charge is -2.15. The molecule has 3 rings (SSSR count). The molecule has 0 unspecified atom stereocenters. The molecule has 0 aliphatic carbocycles. The van der Waals surface area contributed by atoms with E-state index in [0.717, 1.165) is 17.7 Å². The number of anilines is 1. The maximum absolute atomic E-state index is 13.3. The van der Waals surface area contributed by atoms with Gasteiger partial charge in [0.15, 0.2) is 0 Å². The number of aryl methyl sites for hydroxylation is 1. The Morgan fingerprint density at radius 1 is 1.06 bits per heavy atom. The average Bonchev–Trinajstić information content (AvgIpc) is 2.72. The van der Waals surface area contributed by atoms with Crippen LogP contribution in [-0.4, -0.2) is 13.0 Å². The third-order valence-electron chi connectivity index (χ3n) is 4.46. The minimum Gasteiger partial charge on any atom is -0.496 e. The normalized spacial score (nSPS) is 11.2. The van der Waals surface area contributed by atoms with E-state index >= 15 is 0 Å². The van der Waals surface area contributed by atoms with Gasteiger partial charge in [0.25, 0.3) is 5.91 Å². The number of alkyl halides is 3. The average molecular weight is 450 g/mol. The summed E-state index contributed by atoms with van der Waals surface area (Å²) in [5.41, 5.74) is 0.358. The van der Waals surface area contributed by atoms with Gasteiger partial charge in [0.05, 0.1) is 18.4 Å². The van der Waals surface area contributed by atoms with Crippen LogP contribution in [0.5, 0.6) is 11.5 Å². The van der Waals surface area contributed by atoms with Crippen LogP contribution in [-0.2, 0) is 12.8 Å². The van der Waals surface area contributed by atoms with Crippen LogP contribution < -0.4 is 14.8 Å². The van der Waals surface area contributed by atoms with Gasteiger partial charge in [0.1, 0.15) is 18.1 Å². The molecule has 0 saturated carbocycles. The van der Waals surface area contributed by atoms with Crippen LogP contribution in [0.3, 0.4) is 0 Å². The zero-order chi connectivity index (χ0) is 22.6. The van der Waals surface area contributed by atoms with Gasteiger partial charge in [-0.05, 0) is 61.0 Å². The molecule has 0 heterocycles. The van der Waals surface area contributed by atoms with Crippen molar-refractivity contribution in [2.24, 2.45) is 0 Å². The number of hydrogen-bond donors (Lipinski definition) is 1. The van der Waals surface area contributed by atoms with E-state index in [0.29, 0.717) is 17.1 Å². The second-order valence-electron chi connectivity index (χ2n) is 6.77. The van der Waals surface area contributed by atoms with Crippen molar-refractivity contribution in [2.75, 3.05) is 12.4 Å². The first kappa shape index (κ1) is 22.5. The topological polar surface area (TPSA) is 47.6 Å². The maximum Gasteiger partial charge on any atom is 0.418 e. The molecular formula is C23H19ClF3NO3. The van der Waals surface area contributed by atoms with Crippen LogP contribution in [0.4, 0.5) is 18.9 Å². The number of hydrogen-bond acceptors (Lipinski definition) is 3. The SMILES string of the molecule is COc1ccc(C(=O)Nc2ccc(Cl)cc2C(F)(F)F)cc1COc1cccc(C)c1. The summed E-state index contributed by atoms with van der Waals surface area (Å²) in [5, 5.41) is 2.23. The fraction of sp³-hybridized carbons (Fsp3) is 0.174. The van der Waals surface area contributed by atoms with E-state index in [1.165, 1.54) is 25.3 Å². The summed E-state index contributed by atoms with van der Waals surface area (Å²) in [4.78, 5) is 12.7. The smallest absolute Gasteiger partial charge is 0.418 e. The molecule has 0 spiro atoms. The zero-order valence-corrected chi connectivity index (χ0v) is 17.5. The molecule has 1 N–H and O–H groups in total. The Morgan fingerprint density at radius 3 is 2.52 bits per heavy atom. The Labute approximate surface area is 182 Å². The standard InChI is InChI=1S/C23H19ClF3NO3/c1-14-4-3-5-18(10-14)31-13-16-11-15(6-9-21(16)30-2)22(29)28-20-8-7-17(24)12-19(20)23(25,26)27/h3-12H,13H2,1-2H3,(H,28,29). The lowest BCUT2D eigenvalue weighted by molar-refractivity contribution is -0.136. The van der Waals surface area contributed by atoms with Crippen LogP contribution in [0.25, 0.3) is 0 Å². The van der Waals surface area contributed by atoms with Crippen LogP contribution in [0.15, 0.2) is 60.7 Å². The third-order valence-corrected chi connectivity index (χ3v) is 4.70. The quantitative estimate of drug-likeness (QED) is 0.467. The monoisotopic (exact) mass is 449 g/mol. The predicted octanol–water partition coefficient (Wildman–Crippen LogP) is 6.51. The lowest BCUT2D eigenvalue weighted by atomic mass is 10.1. The Bertz CT molecular complexity index is 1100. The second-order valence-corrected chi connectivity index (χ2v) is 7.21. The number of carbonyl (C=O) groups excluding carboxylic acids is 1. The molecular weight excluding hydrogens is 431 g/mol. The van der Waals surface area contributed by atoms with Gasteiger partial charge in [0, 0.05) is 16.1 Å². The van der Waals surface area contributed by atoms with Gasteiger partial charge in [-0.15, -0.1) is 0 Å². The molecule has 31 heavy (non-hydrogen) atoms. The number of nitrogens with one attached hydrogen (secondary N) is 1. The molecule has 0 radical (unpaired) electrons. The molecule has 162 valence electrons. The van der Waals surface area contributed by atoms with E-state index in [1.807, 2.05) is 25.1 Å². The highest BCUT2D eigenvalue weighted by molar-refractivity contribution is 6.30. The summed E-state index contributed by atoms with van der Waals surface area (Å²) < 4.78 is 51.0. The van der Waals surface area contributed by atoms with E-state index in [2.05, 4.69) is 5.32 Å². The number of amides is 1. The highest BCUT2D eigenvalue weighted by Crippen LogP contribution is 2.36. The molecule has 0 atom stereocenters. The van der Waals surface area contributed by atoms with E-state index in [4.69, 9.17) is 21.1 Å². The van der Waals surface area contributed by atoms with Crippen molar-refractivity contribution in [1.82, 2.24) is 0 Å². The van der Waals surface area contributed by atoms with Gasteiger partial charge < -0.3 is 14.8 Å². The molecule has 0 saturated heterocycles. The van der Waals surface area contributed by atoms with E-state index in [1.54, 1.807) is 12.1 Å². The predicted molar refractivity (Wildman–Crippen MR) is 113 cm³/mol. The maximum atomic E-state index is 13.3. The Balaban J connectivity index is 1.83. The highest BCUT2D eigenvalue weighted by Gasteiger charge is 2.34. The summed E-state index contributed by atoms with van der Waals surface area (Å²) in [7, 11) is 1.48.